The zero-order valence-corrected chi connectivity index (χ0v) is 22.5. The summed E-state index contributed by atoms with van der Waals surface area (Å²) in [5, 5.41) is 8.07. The summed E-state index contributed by atoms with van der Waals surface area (Å²) in [4.78, 5) is 51.3. The average molecular weight is 518 g/mol. The highest BCUT2D eigenvalue weighted by Crippen LogP contribution is 2.15. The standard InChI is InChI=1S/C27H39N3O7/c1-17(2)22-24(32)28-20(25(33)35-6)10-8-7-9-15-36-19-13-11-18(12-14-19)16-21(23(31)30-22)29-26(34)37-27(3,4)5/h7,9,11-14,17,20-22H,8,10,15-16H2,1-6H3,(H,28,32)(H,29,34)(H,30,31)/b9-7-/t20-,21-,22-/m0/s1. The topological polar surface area (TPSA) is 132 Å². The van der Waals surface area contributed by atoms with Crippen molar-refractivity contribution in [2.75, 3.05) is 13.7 Å². The van der Waals surface area contributed by atoms with E-state index in [0.717, 1.165) is 5.56 Å². The summed E-state index contributed by atoms with van der Waals surface area (Å²) in [6.45, 7) is 9.06. The maximum atomic E-state index is 13.4. The molecule has 2 aliphatic heterocycles. The molecule has 1 aromatic rings. The van der Waals surface area contributed by atoms with E-state index in [4.69, 9.17) is 14.2 Å². The van der Waals surface area contributed by atoms with Crippen LogP contribution in [0.5, 0.6) is 5.75 Å². The van der Waals surface area contributed by atoms with Crippen molar-refractivity contribution >= 4 is 23.9 Å². The third kappa shape index (κ3) is 10.1. The summed E-state index contributed by atoms with van der Waals surface area (Å²) in [6, 6.07) is 4.34. The molecule has 0 aliphatic carbocycles. The van der Waals surface area contributed by atoms with Gasteiger partial charge in [-0.25, -0.2) is 9.59 Å². The predicted molar refractivity (Wildman–Crippen MR) is 138 cm³/mol. The molecule has 37 heavy (non-hydrogen) atoms. The maximum Gasteiger partial charge on any atom is 0.408 e. The number of allylic oxidation sites excluding steroid dienone is 1. The van der Waals surface area contributed by atoms with Gasteiger partial charge in [0.2, 0.25) is 11.8 Å². The zero-order valence-electron chi connectivity index (χ0n) is 22.5. The second-order valence-electron chi connectivity index (χ2n) is 10.2. The zero-order chi connectivity index (χ0) is 27.6. The lowest BCUT2D eigenvalue weighted by Crippen LogP contribution is -2.58. The van der Waals surface area contributed by atoms with E-state index >= 15 is 0 Å². The van der Waals surface area contributed by atoms with Crippen LogP contribution in [0, 0.1) is 5.92 Å². The molecule has 0 unspecified atom stereocenters. The molecule has 10 nitrogen and oxygen atoms in total. The van der Waals surface area contributed by atoms with Crippen LogP contribution in [0.4, 0.5) is 4.79 Å². The van der Waals surface area contributed by atoms with Gasteiger partial charge in [0.25, 0.3) is 0 Å². The number of alkyl carbamates (subject to hydrolysis) is 1. The van der Waals surface area contributed by atoms with Crippen molar-refractivity contribution < 1.29 is 33.4 Å². The average Bonchev–Trinajstić information content (AvgIpc) is 2.81. The van der Waals surface area contributed by atoms with Crippen molar-refractivity contribution in [2.24, 2.45) is 5.92 Å². The first-order chi connectivity index (χ1) is 17.4. The lowest BCUT2D eigenvalue weighted by molar-refractivity contribution is -0.145. The van der Waals surface area contributed by atoms with Gasteiger partial charge in [0.05, 0.1) is 7.11 Å². The highest BCUT2D eigenvalue weighted by atomic mass is 16.6. The van der Waals surface area contributed by atoms with E-state index in [-0.39, 0.29) is 12.3 Å². The van der Waals surface area contributed by atoms with E-state index in [2.05, 4.69) is 16.0 Å². The normalized spacial score (nSPS) is 22.5. The largest absolute Gasteiger partial charge is 0.490 e. The lowest BCUT2D eigenvalue weighted by atomic mass is 10.00. The molecule has 2 bridgehead atoms. The van der Waals surface area contributed by atoms with Gasteiger partial charge in [-0.2, -0.15) is 0 Å². The Bertz CT molecular complexity index is 967. The van der Waals surface area contributed by atoms with E-state index in [1.165, 1.54) is 7.11 Å². The first-order valence-corrected chi connectivity index (χ1v) is 12.4. The number of esters is 1. The highest BCUT2D eigenvalue weighted by molar-refractivity contribution is 5.93. The van der Waals surface area contributed by atoms with Gasteiger partial charge in [0.15, 0.2) is 0 Å². The smallest absolute Gasteiger partial charge is 0.408 e. The fourth-order valence-electron chi connectivity index (χ4n) is 3.65. The number of hydrogen-bond acceptors (Lipinski definition) is 7. The molecular formula is C27H39N3O7. The van der Waals surface area contributed by atoms with E-state index in [0.29, 0.717) is 25.2 Å². The molecule has 1 aromatic carbocycles. The fourth-order valence-corrected chi connectivity index (χ4v) is 3.65. The summed E-state index contributed by atoms with van der Waals surface area (Å²) in [5.41, 5.74) is 0.0174. The highest BCUT2D eigenvalue weighted by Gasteiger charge is 2.32. The number of ether oxygens (including phenoxy) is 3. The minimum absolute atomic E-state index is 0.155. The van der Waals surface area contributed by atoms with Crippen LogP contribution in [-0.2, 0) is 30.3 Å². The van der Waals surface area contributed by atoms with Crippen molar-refractivity contribution in [2.45, 2.75) is 77.6 Å². The number of carbonyl (C=O) groups is 4. The summed E-state index contributed by atoms with van der Waals surface area (Å²) in [6.07, 6.45) is 3.92. The molecule has 0 saturated carbocycles. The van der Waals surface area contributed by atoms with Crippen LogP contribution in [0.3, 0.4) is 0 Å². The Balaban J connectivity index is 2.37. The Kier molecular flexibility index (Phi) is 11.0. The molecule has 0 spiro atoms. The molecule has 204 valence electrons. The van der Waals surface area contributed by atoms with Gasteiger partial charge < -0.3 is 30.2 Å². The van der Waals surface area contributed by atoms with Crippen LogP contribution in [0.25, 0.3) is 0 Å². The van der Waals surface area contributed by atoms with Gasteiger partial charge in [0.1, 0.15) is 36.1 Å². The Morgan fingerprint density at radius 2 is 1.73 bits per heavy atom. The van der Waals surface area contributed by atoms with Crippen LogP contribution in [0.15, 0.2) is 36.4 Å². The van der Waals surface area contributed by atoms with E-state index in [9.17, 15) is 19.2 Å². The van der Waals surface area contributed by atoms with Crippen LogP contribution in [-0.4, -0.2) is 61.3 Å². The number of methoxy groups -OCH3 is 1. The molecule has 3 atom stereocenters. The van der Waals surface area contributed by atoms with Crippen molar-refractivity contribution in [3.63, 3.8) is 0 Å². The van der Waals surface area contributed by atoms with E-state index < -0.39 is 47.6 Å². The number of benzene rings is 1. The Morgan fingerprint density at radius 3 is 2.32 bits per heavy atom. The summed E-state index contributed by atoms with van der Waals surface area (Å²) < 4.78 is 15.9. The number of fused-ring (bicyclic) bond motifs is 14. The van der Waals surface area contributed by atoms with Gasteiger partial charge in [-0.1, -0.05) is 38.1 Å². The lowest BCUT2D eigenvalue weighted by Gasteiger charge is -2.27. The van der Waals surface area contributed by atoms with Crippen LogP contribution in [0.2, 0.25) is 0 Å². The number of rotatable bonds is 3. The van der Waals surface area contributed by atoms with E-state index in [1.807, 2.05) is 24.3 Å². The van der Waals surface area contributed by atoms with Crippen molar-refractivity contribution in [3.8, 4) is 5.75 Å². The predicted octanol–water partition coefficient (Wildman–Crippen LogP) is 2.65. The number of amides is 3. The molecule has 2 aliphatic rings. The fraction of sp³-hybridized carbons (Fsp3) is 0.556. The van der Waals surface area contributed by atoms with Crippen LogP contribution >= 0.6 is 0 Å². The molecule has 2 heterocycles. The Labute approximate surface area is 218 Å². The van der Waals surface area contributed by atoms with Crippen molar-refractivity contribution in [1.82, 2.24) is 16.0 Å². The minimum Gasteiger partial charge on any atom is -0.490 e. The molecule has 3 rings (SSSR count). The van der Waals surface area contributed by atoms with E-state index in [1.54, 1.807) is 46.8 Å². The molecule has 3 N–H and O–H groups in total. The number of nitrogens with one attached hydrogen (secondary N) is 3. The second-order valence-corrected chi connectivity index (χ2v) is 10.2. The van der Waals surface area contributed by atoms with Gasteiger partial charge in [-0.3, -0.25) is 9.59 Å². The van der Waals surface area contributed by atoms with Gasteiger partial charge >= 0.3 is 12.1 Å². The Morgan fingerprint density at radius 1 is 1.05 bits per heavy atom. The minimum atomic E-state index is -1.02. The SMILES string of the molecule is COC(=O)[C@@H]1CC/C=C\COc2ccc(cc2)C[C@H](NC(=O)OC(C)(C)C)C(=O)N[C@@H](C(C)C)C(=O)N1. The molecule has 0 saturated heterocycles. The van der Waals surface area contributed by atoms with Gasteiger partial charge in [-0.15, -0.1) is 0 Å². The number of hydrogen-bond donors (Lipinski definition) is 3. The molecule has 0 fully saturated rings. The quantitative estimate of drug-likeness (QED) is 0.415. The first kappa shape index (κ1) is 29.7. The second kappa shape index (κ2) is 13.7. The summed E-state index contributed by atoms with van der Waals surface area (Å²) >= 11 is 0. The van der Waals surface area contributed by atoms with Crippen molar-refractivity contribution in [3.05, 3.63) is 42.0 Å². The molecule has 0 aromatic heterocycles. The monoisotopic (exact) mass is 517 g/mol. The molecule has 0 radical (unpaired) electrons. The Hall–Kier alpha value is -3.56. The van der Waals surface area contributed by atoms with Gasteiger partial charge in [0, 0.05) is 6.42 Å². The third-order valence-electron chi connectivity index (χ3n) is 5.55. The maximum absolute atomic E-state index is 13.4. The van der Waals surface area contributed by atoms with Crippen molar-refractivity contribution in [1.29, 1.82) is 0 Å². The third-order valence-corrected chi connectivity index (χ3v) is 5.55. The van der Waals surface area contributed by atoms with Crippen LogP contribution in [0.1, 0.15) is 53.0 Å². The molecular weight excluding hydrogens is 478 g/mol. The first-order valence-electron chi connectivity index (χ1n) is 12.4. The molecule has 10 heteroatoms. The summed E-state index contributed by atoms with van der Waals surface area (Å²) in [7, 11) is 1.25. The van der Waals surface area contributed by atoms with Gasteiger partial charge in [-0.05, 0) is 57.2 Å². The number of carbonyl (C=O) groups excluding carboxylic acids is 4. The molecule has 3 amide bonds. The van der Waals surface area contributed by atoms with Crippen LogP contribution < -0.4 is 20.7 Å². The summed E-state index contributed by atoms with van der Waals surface area (Å²) in [5.74, 6) is -1.31.